The second-order valence-corrected chi connectivity index (χ2v) is 7.53. The summed E-state index contributed by atoms with van der Waals surface area (Å²) in [5.41, 5.74) is 0.832. The number of aryl methyl sites for hydroxylation is 1. The van der Waals surface area contributed by atoms with Gasteiger partial charge < -0.3 is 15.0 Å². The smallest absolute Gasteiger partial charge is 0.383 e. The quantitative estimate of drug-likeness (QED) is 0.645. The van der Waals surface area contributed by atoms with E-state index in [2.05, 4.69) is 26.7 Å². The molecule has 3 aromatic rings. The van der Waals surface area contributed by atoms with Crippen molar-refractivity contribution in [1.82, 2.24) is 19.5 Å². The Kier molecular flexibility index (Phi) is 5.23. The van der Waals surface area contributed by atoms with E-state index < -0.39 is 17.5 Å². The maximum atomic E-state index is 12.9. The molecule has 1 unspecified atom stereocenters. The molecule has 1 aliphatic carbocycles. The summed E-state index contributed by atoms with van der Waals surface area (Å²) in [5, 5.41) is 13.7. The van der Waals surface area contributed by atoms with Crippen LogP contribution in [0.25, 0.3) is 5.69 Å². The van der Waals surface area contributed by atoms with Crippen molar-refractivity contribution >= 4 is 11.6 Å². The molecule has 0 saturated heterocycles. The van der Waals surface area contributed by atoms with E-state index in [0.717, 1.165) is 36.4 Å². The molecule has 0 aliphatic heterocycles. The predicted molar refractivity (Wildman–Crippen MR) is 105 cm³/mol. The number of aromatic nitrogens is 4. The number of benzene rings is 1. The molecule has 9 heteroatoms. The van der Waals surface area contributed by atoms with Crippen LogP contribution in [0.4, 0.5) is 24.8 Å². The fourth-order valence-corrected chi connectivity index (χ4v) is 3.61. The van der Waals surface area contributed by atoms with Crippen molar-refractivity contribution in [3.63, 3.8) is 0 Å². The molecule has 4 rings (SSSR count). The van der Waals surface area contributed by atoms with E-state index in [1.807, 2.05) is 13.0 Å². The van der Waals surface area contributed by atoms with Gasteiger partial charge in [0.1, 0.15) is 11.3 Å². The molecule has 1 aromatic carbocycles. The number of nitrogens with one attached hydrogen (secondary N) is 1. The molecule has 1 radical (unpaired) electrons. The standard InChI is InChI=1S/C21H21F3N5O/c1-14-9-15(27-19-25-8-5-17(28-19)21(22,23)24)11-16(10-14)29-12-18(26-13-29)20(30)6-3-2-4-7-20/h3,5,8-13,30H,2,4,6-7H2,1H3,(H,25,27,28). The second-order valence-electron chi connectivity index (χ2n) is 7.53. The van der Waals surface area contributed by atoms with Crippen LogP contribution in [0.5, 0.6) is 0 Å². The molecule has 2 N–H and O–H groups in total. The first-order valence-electron chi connectivity index (χ1n) is 9.61. The molecule has 0 amide bonds. The molecule has 0 spiro atoms. The number of hydrogen-bond donors (Lipinski definition) is 2. The van der Waals surface area contributed by atoms with Crippen LogP contribution >= 0.6 is 0 Å². The van der Waals surface area contributed by atoms with Crippen LogP contribution in [-0.2, 0) is 11.8 Å². The topological polar surface area (TPSA) is 75.9 Å². The predicted octanol–water partition coefficient (Wildman–Crippen LogP) is 4.70. The van der Waals surface area contributed by atoms with Crippen LogP contribution in [-0.4, -0.2) is 24.6 Å². The zero-order valence-electron chi connectivity index (χ0n) is 16.3. The van der Waals surface area contributed by atoms with E-state index in [9.17, 15) is 18.3 Å². The van der Waals surface area contributed by atoms with E-state index in [4.69, 9.17) is 0 Å². The fraction of sp³-hybridized carbons (Fsp3) is 0.333. The summed E-state index contributed by atoms with van der Waals surface area (Å²) in [4.78, 5) is 11.8. The van der Waals surface area contributed by atoms with E-state index in [1.165, 1.54) is 0 Å². The summed E-state index contributed by atoms with van der Waals surface area (Å²) in [6.45, 7) is 1.88. The number of alkyl halides is 3. The van der Waals surface area contributed by atoms with Gasteiger partial charge in [0.25, 0.3) is 0 Å². The summed E-state index contributed by atoms with van der Waals surface area (Å²) in [6.07, 6.45) is 5.16. The largest absolute Gasteiger partial charge is 0.433 e. The fourth-order valence-electron chi connectivity index (χ4n) is 3.61. The van der Waals surface area contributed by atoms with Gasteiger partial charge in [0.15, 0.2) is 0 Å². The lowest BCUT2D eigenvalue weighted by molar-refractivity contribution is -0.141. The third-order valence-corrected chi connectivity index (χ3v) is 5.10. The van der Waals surface area contributed by atoms with E-state index >= 15 is 0 Å². The zero-order valence-corrected chi connectivity index (χ0v) is 16.3. The second kappa shape index (κ2) is 7.71. The van der Waals surface area contributed by atoms with Crippen molar-refractivity contribution in [1.29, 1.82) is 0 Å². The van der Waals surface area contributed by atoms with E-state index in [1.54, 1.807) is 29.2 Å². The van der Waals surface area contributed by atoms with Crippen molar-refractivity contribution in [2.45, 2.75) is 44.4 Å². The van der Waals surface area contributed by atoms with E-state index in [0.29, 0.717) is 24.2 Å². The summed E-state index contributed by atoms with van der Waals surface area (Å²) < 4.78 is 40.5. The summed E-state index contributed by atoms with van der Waals surface area (Å²) in [6, 6.07) is 6.29. The summed E-state index contributed by atoms with van der Waals surface area (Å²) in [5.74, 6) is -0.139. The normalized spacial score (nSPS) is 16.4. The first-order chi connectivity index (χ1) is 14.2. The number of anilines is 2. The minimum absolute atomic E-state index is 0.139. The molecule has 1 fully saturated rings. The van der Waals surface area contributed by atoms with Gasteiger partial charge in [-0.05, 0) is 68.9 Å². The Labute approximate surface area is 171 Å². The lowest BCUT2D eigenvalue weighted by Gasteiger charge is -2.30. The lowest BCUT2D eigenvalue weighted by Crippen LogP contribution is -2.29. The van der Waals surface area contributed by atoms with Gasteiger partial charge in [-0.3, -0.25) is 0 Å². The van der Waals surface area contributed by atoms with Crippen molar-refractivity contribution in [2.75, 3.05) is 5.32 Å². The lowest BCUT2D eigenvalue weighted by atomic mass is 9.83. The number of hydrogen-bond acceptors (Lipinski definition) is 5. The van der Waals surface area contributed by atoms with Gasteiger partial charge in [0.2, 0.25) is 5.95 Å². The Morgan fingerprint density at radius 2 is 2.03 bits per heavy atom. The molecular formula is C21H21F3N5O. The first kappa shape index (κ1) is 20.3. The Hall–Kier alpha value is -2.94. The Morgan fingerprint density at radius 1 is 1.20 bits per heavy atom. The highest BCUT2D eigenvalue weighted by molar-refractivity contribution is 5.59. The number of aliphatic hydroxyl groups is 1. The Bertz CT molecular complexity index is 1040. The summed E-state index contributed by atoms with van der Waals surface area (Å²) >= 11 is 0. The zero-order chi connectivity index (χ0) is 21.4. The van der Waals surface area contributed by atoms with Crippen molar-refractivity contribution < 1.29 is 18.3 Å². The average molecular weight is 416 g/mol. The first-order valence-corrected chi connectivity index (χ1v) is 9.61. The molecule has 1 saturated carbocycles. The van der Waals surface area contributed by atoms with Crippen LogP contribution in [0.1, 0.15) is 42.6 Å². The highest BCUT2D eigenvalue weighted by Gasteiger charge is 2.34. The molecule has 0 bridgehead atoms. The molecular weight excluding hydrogens is 395 g/mol. The van der Waals surface area contributed by atoms with Crippen LogP contribution in [0, 0.1) is 13.3 Å². The molecule has 6 nitrogen and oxygen atoms in total. The van der Waals surface area contributed by atoms with Crippen molar-refractivity contribution in [3.8, 4) is 5.69 Å². The maximum absolute atomic E-state index is 12.9. The minimum atomic E-state index is -4.54. The van der Waals surface area contributed by atoms with Crippen LogP contribution in [0.3, 0.4) is 0 Å². The van der Waals surface area contributed by atoms with Gasteiger partial charge in [-0.1, -0.05) is 0 Å². The Morgan fingerprint density at radius 3 is 2.77 bits per heavy atom. The van der Waals surface area contributed by atoms with Gasteiger partial charge in [0, 0.05) is 23.8 Å². The Balaban J connectivity index is 1.60. The molecule has 1 aliphatic rings. The van der Waals surface area contributed by atoms with Crippen LogP contribution in [0.15, 0.2) is 43.0 Å². The molecule has 2 aromatic heterocycles. The van der Waals surface area contributed by atoms with E-state index in [-0.39, 0.29) is 5.95 Å². The third kappa shape index (κ3) is 4.30. The molecule has 30 heavy (non-hydrogen) atoms. The van der Waals surface area contributed by atoms with Gasteiger partial charge in [0.05, 0.1) is 12.0 Å². The SMILES string of the molecule is Cc1cc(Nc2nccc(C(F)(F)F)n2)cc(-n2cnc(C3(O)C[CH]CCC3)c2)c1. The van der Waals surface area contributed by atoms with Crippen molar-refractivity contribution in [3.05, 3.63) is 66.4 Å². The van der Waals surface area contributed by atoms with Gasteiger partial charge >= 0.3 is 6.18 Å². The minimum Gasteiger partial charge on any atom is -0.383 e. The highest BCUT2D eigenvalue weighted by Crippen LogP contribution is 2.36. The molecule has 1 atom stereocenters. The average Bonchev–Trinajstić information content (AvgIpc) is 3.19. The highest BCUT2D eigenvalue weighted by atomic mass is 19.4. The van der Waals surface area contributed by atoms with Gasteiger partial charge in [-0.2, -0.15) is 13.2 Å². The molecule has 157 valence electrons. The monoisotopic (exact) mass is 416 g/mol. The summed E-state index contributed by atoms with van der Waals surface area (Å²) in [7, 11) is 0. The third-order valence-electron chi connectivity index (χ3n) is 5.10. The number of nitrogens with zero attached hydrogens (tertiary/aromatic N) is 4. The maximum Gasteiger partial charge on any atom is 0.433 e. The van der Waals surface area contributed by atoms with Gasteiger partial charge in [-0.15, -0.1) is 0 Å². The van der Waals surface area contributed by atoms with Crippen molar-refractivity contribution in [2.24, 2.45) is 0 Å². The number of imidazole rings is 1. The number of rotatable bonds is 4. The van der Waals surface area contributed by atoms with Crippen LogP contribution < -0.4 is 5.32 Å². The van der Waals surface area contributed by atoms with Gasteiger partial charge in [-0.25, -0.2) is 15.0 Å². The molecule has 2 heterocycles. The van der Waals surface area contributed by atoms with Crippen LogP contribution in [0.2, 0.25) is 0 Å². The number of halogens is 3.